The minimum absolute atomic E-state index is 0.116. The molecule has 0 radical (unpaired) electrons. The number of amides is 2. The number of piperazine rings is 1. The number of nitrogens with zero attached hydrogens (tertiary/aromatic N) is 3. The third kappa shape index (κ3) is 5.30. The number of ether oxygens (including phenoxy) is 1. The standard InChI is InChI=1S/C20H24N4O6S/c1-30-19-8-3-2-5-16(19)9-10-21-20(25)22-11-13-23(14-12-22)31(28,29)18-7-4-6-17(15-18)24(26)27/h2-8,15H,9-14H2,1H3,(H,21,25). The molecule has 0 saturated carbocycles. The van der Waals surface area contributed by atoms with Gasteiger partial charge in [0, 0.05) is 44.9 Å². The van der Waals surface area contributed by atoms with Gasteiger partial charge in [0.1, 0.15) is 5.75 Å². The summed E-state index contributed by atoms with van der Waals surface area (Å²) in [7, 11) is -2.28. The molecular formula is C20H24N4O6S. The van der Waals surface area contributed by atoms with Crippen molar-refractivity contribution < 1.29 is 22.9 Å². The Morgan fingerprint density at radius 1 is 1.13 bits per heavy atom. The predicted molar refractivity (Wildman–Crippen MR) is 114 cm³/mol. The highest BCUT2D eigenvalue weighted by molar-refractivity contribution is 7.89. The zero-order chi connectivity index (χ0) is 22.4. The number of nitro benzene ring substituents is 1. The molecule has 0 atom stereocenters. The first-order valence-corrected chi connectivity index (χ1v) is 11.2. The van der Waals surface area contributed by atoms with Gasteiger partial charge in [-0.1, -0.05) is 24.3 Å². The average molecular weight is 449 g/mol. The minimum Gasteiger partial charge on any atom is -0.496 e. The molecule has 2 aromatic carbocycles. The normalized spacial score (nSPS) is 14.8. The van der Waals surface area contributed by atoms with Crippen molar-refractivity contribution in [3.63, 3.8) is 0 Å². The van der Waals surface area contributed by atoms with E-state index in [-0.39, 0.29) is 42.8 Å². The quantitative estimate of drug-likeness (QED) is 0.510. The summed E-state index contributed by atoms with van der Waals surface area (Å²) in [6.45, 7) is 1.12. The lowest BCUT2D eigenvalue weighted by molar-refractivity contribution is -0.385. The third-order valence-corrected chi connectivity index (χ3v) is 6.95. The van der Waals surface area contributed by atoms with Crippen LogP contribution in [0.2, 0.25) is 0 Å². The Labute approximate surface area is 180 Å². The number of non-ortho nitro benzene ring substituents is 1. The van der Waals surface area contributed by atoms with Gasteiger partial charge >= 0.3 is 6.03 Å². The molecule has 1 heterocycles. The van der Waals surface area contributed by atoms with Gasteiger partial charge in [0.25, 0.3) is 5.69 Å². The van der Waals surface area contributed by atoms with Gasteiger partial charge in [0.15, 0.2) is 0 Å². The van der Waals surface area contributed by atoms with E-state index in [0.717, 1.165) is 17.4 Å². The minimum atomic E-state index is -3.87. The number of nitro groups is 1. The summed E-state index contributed by atoms with van der Waals surface area (Å²) < 4.78 is 32.1. The Morgan fingerprint density at radius 3 is 2.52 bits per heavy atom. The number of hydrogen-bond acceptors (Lipinski definition) is 6. The van der Waals surface area contributed by atoms with Gasteiger partial charge in [0.05, 0.1) is 16.9 Å². The maximum absolute atomic E-state index is 12.8. The lowest BCUT2D eigenvalue weighted by Crippen LogP contribution is -2.53. The van der Waals surface area contributed by atoms with Gasteiger partial charge < -0.3 is 15.0 Å². The van der Waals surface area contributed by atoms with E-state index in [4.69, 9.17) is 4.74 Å². The molecule has 2 aromatic rings. The van der Waals surface area contributed by atoms with E-state index in [9.17, 15) is 23.3 Å². The Kier molecular flexibility index (Phi) is 7.08. The highest BCUT2D eigenvalue weighted by Crippen LogP contribution is 2.22. The molecule has 0 unspecified atom stereocenters. The van der Waals surface area contributed by atoms with E-state index < -0.39 is 14.9 Å². The van der Waals surface area contributed by atoms with Crippen LogP contribution in [0.15, 0.2) is 53.4 Å². The summed E-state index contributed by atoms with van der Waals surface area (Å²) in [6.07, 6.45) is 0.608. The molecule has 1 fully saturated rings. The Morgan fingerprint density at radius 2 is 1.84 bits per heavy atom. The summed E-state index contributed by atoms with van der Waals surface area (Å²) in [5.74, 6) is 0.761. The van der Waals surface area contributed by atoms with E-state index in [1.54, 1.807) is 12.0 Å². The number of nitrogens with one attached hydrogen (secondary N) is 1. The number of benzene rings is 2. The molecule has 0 spiro atoms. The summed E-state index contributed by atoms with van der Waals surface area (Å²) >= 11 is 0. The molecule has 0 aliphatic carbocycles. The van der Waals surface area contributed by atoms with Crippen LogP contribution < -0.4 is 10.1 Å². The summed E-state index contributed by atoms with van der Waals surface area (Å²) in [4.78, 5) is 24.2. The molecule has 1 saturated heterocycles. The monoisotopic (exact) mass is 448 g/mol. The van der Waals surface area contributed by atoms with Crippen LogP contribution in [0, 0.1) is 10.1 Å². The number of methoxy groups -OCH3 is 1. The van der Waals surface area contributed by atoms with Crippen molar-refractivity contribution >= 4 is 21.7 Å². The van der Waals surface area contributed by atoms with E-state index in [1.165, 1.54) is 22.5 Å². The number of carbonyl (C=O) groups is 1. The van der Waals surface area contributed by atoms with E-state index in [0.29, 0.717) is 13.0 Å². The predicted octanol–water partition coefficient (Wildman–Crippen LogP) is 1.86. The second-order valence-electron chi connectivity index (χ2n) is 6.94. The zero-order valence-corrected chi connectivity index (χ0v) is 17.9. The number of para-hydroxylation sites is 1. The topological polar surface area (TPSA) is 122 Å². The molecule has 0 bridgehead atoms. The third-order valence-electron chi connectivity index (χ3n) is 5.06. The maximum Gasteiger partial charge on any atom is 0.317 e. The highest BCUT2D eigenvalue weighted by atomic mass is 32.2. The average Bonchev–Trinajstić information content (AvgIpc) is 2.79. The van der Waals surface area contributed by atoms with Gasteiger partial charge in [-0.15, -0.1) is 0 Å². The summed E-state index contributed by atoms with van der Waals surface area (Å²) in [5, 5.41) is 13.8. The summed E-state index contributed by atoms with van der Waals surface area (Å²) in [6, 6.07) is 12.3. The smallest absolute Gasteiger partial charge is 0.317 e. The number of hydrogen-bond donors (Lipinski definition) is 1. The van der Waals surface area contributed by atoms with Crippen molar-refractivity contribution in [2.75, 3.05) is 39.8 Å². The zero-order valence-electron chi connectivity index (χ0n) is 17.1. The van der Waals surface area contributed by atoms with Crippen molar-refractivity contribution in [1.29, 1.82) is 0 Å². The van der Waals surface area contributed by atoms with E-state index >= 15 is 0 Å². The molecule has 31 heavy (non-hydrogen) atoms. The van der Waals surface area contributed by atoms with Crippen LogP contribution in [0.3, 0.4) is 0 Å². The molecule has 10 nitrogen and oxygen atoms in total. The first kappa shape index (κ1) is 22.5. The molecule has 1 aliphatic rings. The van der Waals surface area contributed by atoms with Crippen molar-refractivity contribution in [3.8, 4) is 5.75 Å². The van der Waals surface area contributed by atoms with Crippen LogP contribution >= 0.6 is 0 Å². The van der Waals surface area contributed by atoms with Crippen LogP contribution in [-0.4, -0.2) is 68.4 Å². The van der Waals surface area contributed by atoms with Gasteiger partial charge in [-0.3, -0.25) is 10.1 Å². The number of urea groups is 1. The number of rotatable bonds is 7. The fourth-order valence-electron chi connectivity index (χ4n) is 3.36. The molecule has 2 amide bonds. The Bertz CT molecular complexity index is 1050. The van der Waals surface area contributed by atoms with Gasteiger partial charge in [0.2, 0.25) is 10.0 Å². The number of carbonyl (C=O) groups excluding carboxylic acids is 1. The molecular weight excluding hydrogens is 424 g/mol. The molecule has 3 rings (SSSR count). The molecule has 166 valence electrons. The number of sulfonamides is 1. The highest BCUT2D eigenvalue weighted by Gasteiger charge is 2.30. The van der Waals surface area contributed by atoms with Crippen LogP contribution in [0.5, 0.6) is 5.75 Å². The Hall–Kier alpha value is -3.18. The Balaban J connectivity index is 1.53. The summed E-state index contributed by atoms with van der Waals surface area (Å²) in [5.41, 5.74) is 0.701. The van der Waals surface area contributed by atoms with Crippen molar-refractivity contribution in [2.24, 2.45) is 0 Å². The SMILES string of the molecule is COc1ccccc1CCNC(=O)N1CCN(S(=O)(=O)c2cccc([N+](=O)[O-])c2)CC1. The van der Waals surface area contributed by atoms with Crippen LogP contribution in [0.4, 0.5) is 10.5 Å². The second-order valence-corrected chi connectivity index (χ2v) is 8.88. The van der Waals surface area contributed by atoms with Crippen molar-refractivity contribution in [3.05, 3.63) is 64.2 Å². The molecule has 1 aliphatic heterocycles. The lowest BCUT2D eigenvalue weighted by Gasteiger charge is -2.34. The van der Waals surface area contributed by atoms with Gasteiger partial charge in [-0.05, 0) is 24.1 Å². The van der Waals surface area contributed by atoms with E-state index in [2.05, 4.69) is 5.32 Å². The van der Waals surface area contributed by atoms with Gasteiger partial charge in [-0.2, -0.15) is 4.31 Å². The first-order chi connectivity index (χ1) is 14.8. The maximum atomic E-state index is 12.8. The molecule has 11 heteroatoms. The van der Waals surface area contributed by atoms with Crippen LogP contribution in [-0.2, 0) is 16.4 Å². The molecule has 0 aromatic heterocycles. The lowest BCUT2D eigenvalue weighted by atomic mass is 10.1. The van der Waals surface area contributed by atoms with Crippen LogP contribution in [0.1, 0.15) is 5.56 Å². The van der Waals surface area contributed by atoms with Gasteiger partial charge in [-0.25, -0.2) is 13.2 Å². The fraction of sp³-hybridized carbons (Fsp3) is 0.350. The first-order valence-electron chi connectivity index (χ1n) is 9.72. The fourth-order valence-corrected chi connectivity index (χ4v) is 4.83. The van der Waals surface area contributed by atoms with E-state index in [1.807, 2.05) is 24.3 Å². The largest absolute Gasteiger partial charge is 0.496 e. The molecule has 1 N–H and O–H groups in total. The van der Waals surface area contributed by atoms with Crippen molar-refractivity contribution in [2.45, 2.75) is 11.3 Å². The van der Waals surface area contributed by atoms with Crippen LogP contribution in [0.25, 0.3) is 0 Å². The van der Waals surface area contributed by atoms with Crippen molar-refractivity contribution in [1.82, 2.24) is 14.5 Å². The second kappa shape index (κ2) is 9.75.